The van der Waals surface area contributed by atoms with Crippen LogP contribution in [0.25, 0.3) is 11.5 Å². The Morgan fingerprint density at radius 1 is 1.29 bits per heavy atom. The summed E-state index contributed by atoms with van der Waals surface area (Å²) in [6.07, 6.45) is 7.34. The Balaban J connectivity index is 1.62. The van der Waals surface area contributed by atoms with Crippen LogP contribution >= 0.6 is 11.3 Å². The molecule has 0 bridgehead atoms. The summed E-state index contributed by atoms with van der Waals surface area (Å²) in [4.78, 5) is 9.42. The highest BCUT2D eigenvalue weighted by molar-refractivity contribution is 7.09. The molecule has 2 aromatic heterocycles. The number of rotatable bonds is 4. The molecule has 1 aliphatic heterocycles. The summed E-state index contributed by atoms with van der Waals surface area (Å²) >= 11 is 1.65. The van der Waals surface area contributed by atoms with Crippen molar-refractivity contribution < 1.29 is 4.74 Å². The molecule has 130 valence electrons. The molecular formula is C17H25N5OS. The highest BCUT2D eigenvalue weighted by Crippen LogP contribution is 2.30. The highest BCUT2D eigenvalue weighted by atomic mass is 32.1. The first-order chi connectivity index (χ1) is 11.8. The Kier molecular flexibility index (Phi) is 4.91. The summed E-state index contributed by atoms with van der Waals surface area (Å²) in [5.74, 6) is 1.82. The zero-order chi connectivity index (χ0) is 16.4. The van der Waals surface area contributed by atoms with Gasteiger partial charge in [0.1, 0.15) is 11.5 Å². The lowest BCUT2D eigenvalue weighted by Crippen LogP contribution is -2.40. The van der Waals surface area contributed by atoms with Crippen LogP contribution < -0.4 is 5.32 Å². The van der Waals surface area contributed by atoms with E-state index in [0.717, 1.165) is 48.5 Å². The van der Waals surface area contributed by atoms with Crippen LogP contribution in [-0.2, 0) is 11.2 Å². The predicted molar refractivity (Wildman–Crippen MR) is 94.3 cm³/mol. The van der Waals surface area contributed by atoms with Crippen LogP contribution in [0.2, 0.25) is 0 Å². The second kappa shape index (κ2) is 7.29. The lowest BCUT2D eigenvalue weighted by atomic mass is 9.95. The van der Waals surface area contributed by atoms with Crippen molar-refractivity contribution in [3.05, 3.63) is 16.2 Å². The van der Waals surface area contributed by atoms with Crippen molar-refractivity contribution in [3.8, 4) is 11.5 Å². The summed E-state index contributed by atoms with van der Waals surface area (Å²) in [6.45, 7) is 4.63. The first-order valence-electron chi connectivity index (χ1n) is 9.00. The molecule has 3 heterocycles. The minimum absolute atomic E-state index is 0.190. The van der Waals surface area contributed by atoms with Gasteiger partial charge in [0, 0.05) is 24.9 Å². The molecule has 0 radical (unpaired) electrons. The molecule has 7 heteroatoms. The van der Waals surface area contributed by atoms with Gasteiger partial charge >= 0.3 is 0 Å². The van der Waals surface area contributed by atoms with Crippen LogP contribution in [0.15, 0.2) is 5.38 Å². The summed E-state index contributed by atoms with van der Waals surface area (Å²) < 4.78 is 8.07. The summed E-state index contributed by atoms with van der Waals surface area (Å²) in [5, 5.41) is 11.4. The second-order valence-corrected chi connectivity index (χ2v) is 7.80. The molecule has 1 saturated carbocycles. The molecule has 24 heavy (non-hydrogen) atoms. The largest absolute Gasteiger partial charge is 0.375 e. The number of aromatic nitrogens is 4. The van der Waals surface area contributed by atoms with Crippen molar-refractivity contribution in [2.75, 3.05) is 19.7 Å². The van der Waals surface area contributed by atoms with Gasteiger partial charge in [-0.25, -0.2) is 14.6 Å². The summed E-state index contributed by atoms with van der Waals surface area (Å²) in [7, 11) is 0. The predicted octanol–water partition coefficient (Wildman–Crippen LogP) is 2.75. The van der Waals surface area contributed by atoms with E-state index in [1.165, 1.54) is 32.1 Å². The van der Waals surface area contributed by atoms with Crippen LogP contribution in [-0.4, -0.2) is 45.5 Å². The quantitative estimate of drug-likeness (QED) is 0.921. The number of nitrogens with zero attached hydrogens (tertiary/aromatic N) is 4. The van der Waals surface area contributed by atoms with Crippen molar-refractivity contribution in [1.82, 2.24) is 25.1 Å². The van der Waals surface area contributed by atoms with Crippen molar-refractivity contribution in [2.45, 2.75) is 57.6 Å². The average Bonchev–Trinajstić information content (AvgIpc) is 3.23. The number of hydrogen-bond donors (Lipinski definition) is 1. The lowest BCUT2D eigenvalue weighted by Gasteiger charge is -2.26. The zero-order valence-electron chi connectivity index (χ0n) is 14.2. The summed E-state index contributed by atoms with van der Waals surface area (Å²) in [6, 6.07) is 0.478. The van der Waals surface area contributed by atoms with Crippen molar-refractivity contribution in [2.24, 2.45) is 0 Å². The fraction of sp³-hybridized carbons (Fsp3) is 0.706. The first-order valence-corrected chi connectivity index (χ1v) is 9.88. The van der Waals surface area contributed by atoms with Gasteiger partial charge in [-0.3, -0.25) is 0 Å². The maximum absolute atomic E-state index is 5.89. The third-order valence-corrected chi connectivity index (χ3v) is 5.66. The molecule has 1 N–H and O–H groups in total. The van der Waals surface area contributed by atoms with Gasteiger partial charge in [-0.1, -0.05) is 19.3 Å². The molecule has 2 aliphatic rings. The van der Waals surface area contributed by atoms with Gasteiger partial charge in [0.05, 0.1) is 23.8 Å². The van der Waals surface area contributed by atoms with Gasteiger partial charge in [0.15, 0.2) is 0 Å². The zero-order valence-corrected chi connectivity index (χ0v) is 15.0. The molecule has 1 saturated heterocycles. The number of morpholine rings is 1. The van der Waals surface area contributed by atoms with E-state index >= 15 is 0 Å². The standard InChI is InChI=1S/C17H25N5OS/c1-12-19-15(11-24-12)17-20-16(9-14-10-18-7-8-23-14)22(21-17)13-5-3-2-4-6-13/h11,13-14,18H,2-10H2,1H3/t14-/m1/s1. The molecule has 6 nitrogen and oxygen atoms in total. The Labute approximate surface area is 146 Å². The third kappa shape index (κ3) is 3.53. The number of aryl methyl sites for hydroxylation is 1. The van der Waals surface area contributed by atoms with Gasteiger partial charge in [0.25, 0.3) is 0 Å². The fourth-order valence-electron chi connectivity index (χ4n) is 3.64. The van der Waals surface area contributed by atoms with E-state index in [0.29, 0.717) is 6.04 Å². The molecule has 0 unspecified atom stereocenters. The molecule has 4 rings (SSSR count). The fourth-order valence-corrected chi connectivity index (χ4v) is 4.23. The van der Waals surface area contributed by atoms with Crippen LogP contribution in [0.4, 0.5) is 0 Å². The lowest BCUT2D eigenvalue weighted by molar-refractivity contribution is 0.0270. The van der Waals surface area contributed by atoms with E-state index < -0.39 is 0 Å². The van der Waals surface area contributed by atoms with Crippen LogP contribution in [0.3, 0.4) is 0 Å². The van der Waals surface area contributed by atoms with Crippen molar-refractivity contribution >= 4 is 11.3 Å². The van der Waals surface area contributed by atoms with E-state index in [4.69, 9.17) is 14.8 Å². The maximum Gasteiger partial charge on any atom is 0.200 e. The molecule has 0 aromatic carbocycles. The van der Waals surface area contributed by atoms with Gasteiger partial charge < -0.3 is 10.1 Å². The third-order valence-electron chi connectivity index (χ3n) is 4.89. The van der Waals surface area contributed by atoms with Crippen molar-refractivity contribution in [1.29, 1.82) is 0 Å². The van der Waals surface area contributed by atoms with E-state index in [9.17, 15) is 0 Å². The topological polar surface area (TPSA) is 64.9 Å². The Hall–Kier alpha value is -1.31. The monoisotopic (exact) mass is 347 g/mol. The molecule has 2 fully saturated rings. The molecule has 0 spiro atoms. The van der Waals surface area contributed by atoms with Gasteiger partial charge in [-0.05, 0) is 19.8 Å². The number of nitrogens with one attached hydrogen (secondary N) is 1. The van der Waals surface area contributed by atoms with Crippen LogP contribution in [0.1, 0.15) is 49.0 Å². The van der Waals surface area contributed by atoms with E-state index in [2.05, 4.69) is 20.4 Å². The van der Waals surface area contributed by atoms with Gasteiger partial charge in [0.2, 0.25) is 5.82 Å². The average molecular weight is 347 g/mol. The van der Waals surface area contributed by atoms with Crippen LogP contribution in [0, 0.1) is 6.92 Å². The van der Waals surface area contributed by atoms with Gasteiger partial charge in [-0.2, -0.15) is 0 Å². The molecule has 0 amide bonds. The Bertz CT molecular complexity index is 670. The maximum atomic E-state index is 5.89. The number of ether oxygens (including phenoxy) is 1. The molecule has 1 aliphatic carbocycles. The summed E-state index contributed by atoms with van der Waals surface area (Å²) in [5.41, 5.74) is 0.899. The molecule has 2 aromatic rings. The normalized spacial score (nSPS) is 22.8. The highest BCUT2D eigenvalue weighted by Gasteiger charge is 2.25. The van der Waals surface area contributed by atoms with E-state index in [-0.39, 0.29) is 6.10 Å². The minimum Gasteiger partial charge on any atom is -0.375 e. The Morgan fingerprint density at radius 2 is 2.17 bits per heavy atom. The first kappa shape index (κ1) is 16.2. The van der Waals surface area contributed by atoms with Crippen LogP contribution in [0.5, 0.6) is 0 Å². The number of hydrogen-bond acceptors (Lipinski definition) is 6. The molecule has 1 atom stereocenters. The molecular weight excluding hydrogens is 322 g/mol. The van der Waals surface area contributed by atoms with E-state index in [1.54, 1.807) is 11.3 Å². The minimum atomic E-state index is 0.190. The number of thiazole rings is 1. The van der Waals surface area contributed by atoms with Crippen molar-refractivity contribution in [3.63, 3.8) is 0 Å². The van der Waals surface area contributed by atoms with E-state index in [1.807, 2.05) is 6.92 Å². The second-order valence-electron chi connectivity index (χ2n) is 6.74. The SMILES string of the molecule is Cc1nc(-c2nc(C[C@@H]3CNCCO3)n(C3CCCCC3)n2)cs1. The Morgan fingerprint density at radius 3 is 2.88 bits per heavy atom. The smallest absolute Gasteiger partial charge is 0.200 e. The van der Waals surface area contributed by atoms with Gasteiger partial charge in [-0.15, -0.1) is 16.4 Å².